The Balaban J connectivity index is 1.67. The predicted molar refractivity (Wildman–Crippen MR) is 91.8 cm³/mol. The molecule has 0 aliphatic carbocycles. The van der Waals surface area contributed by atoms with Gasteiger partial charge in [0.1, 0.15) is 6.73 Å². The highest BCUT2D eigenvalue weighted by Gasteiger charge is 2.04. The SMILES string of the molecule is O=c1ccn(COCc2ccccc2Cc2ccccc2)c(=O)[nH]1. The Kier molecular flexibility index (Phi) is 5.03. The molecular formula is C19H18N2O3. The maximum Gasteiger partial charge on any atom is 0.330 e. The molecule has 3 aromatic rings. The van der Waals surface area contributed by atoms with E-state index in [2.05, 4.69) is 23.2 Å². The molecule has 3 rings (SSSR count). The number of H-pyrrole nitrogens is 1. The molecule has 5 nitrogen and oxygen atoms in total. The highest BCUT2D eigenvalue weighted by Crippen LogP contribution is 2.15. The largest absolute Gasteiger partial charge is 0.356 e. The van der Waals surface area contributed by atoms with Gasteiger partial charge < -0.3 is 4.74 Å². The van der Waals surface area contributed by atoms with E-state index in [1.54, 1.807) is 0 Å². The van der Waals surface area contributed by atoms with Gasteiger partial charge in [0, 0.05) is 12.3 Å². The number of nitrogens with one attached hydrogen (secondary N) is 1. The first-order valence-electron chi connectivity index (χ1n) is 7.70. The van der Waals surface area contributed by atoms with Gasteiger partial charge in [0.15, 0.2) is 0 Å². The fourth-order valence-corrected chi connectivity index (χ4v) is 2.49. The van der Waals surface area contributed by atoms with Crippen molar-refractivity contribution in [2.45, 2.75) is 19.8 Å². The van der Waals surface area contributed by atoms with Crippen LogP contribution in [0.3, 0.4) is 0 Å². The molecule has 0 aliphatic rings. The summed E-state index contributed by atoms with van der Waals surface area (Å²) in [7, 11) is 0. The van der Waals surface area contributed by atoms with Crippen LogP contribution >= 0.6 is 0 Å². The van der Waals surface area contributed by atoms with Gasteiger partial charge in [0.25, 0.3) is 5.56 Å². The lowest BCUT2D eigenvalue weighted by molar-refractivity contribution is 0.0604. The van der Waals surface area contributed by atoms with E-state index in [1.807, 2.05) is 36.4 Å². The fraction of sp³-hybridized carbons (Fsp3) is 0.158. The molecule has 1 aromatic heterocycles. The first-order chi connectivity index (χ1) is 11.7. The Hall–Kier alpha value is -2.92. The quantitative estimate of drug-likeness (QED) is 0.757. The van der Waals surface area contributed by atoms with Gasteiger partial charge in [-0.1, -0.05) is 54.6 Å². The number of hydrogen-bond acceptors (Lipinski definition) is 3. The second kappa shape index (κ2) is 7.57. The van der Waals surface area contributed by atoms with Crippen molar-refractivity contribution < 1.29 is 4.74 Å². The molecule has 2 aromatic carbocycles. The molecule has 0 saturated heterocycles. The van der Waals surface area contributed by atoms with Crippen molar-refractivity contribution in [3.63, 3.8) is 0 Å². The van der Waals surface area contributed by atoms with Crippen molar-refractivity contribution in [2.75, 3.05) is 0 Å². The van der Waals surface area contributed by atoms with Gasteiger partial charge in [-0.2, -0.15) is 0 Å². The number of nitrogens with zero attached hydrogens (tertiary/aromatic N) is 1. The molecule has 0 saturated carbocycles. The van der Waals surface area contributed by atoms with Gasteiger partial charge >= 0.3 is 5.69 Å². The summed E-state index contributed by atoms with van der Waals surface area (Å²) in [5.74, 6) is 0. The molecule has 0 aliphatic heterocycles. The van der Waals surface area contributed by atoms with Gasteiger partial charge in [-0.15, -0.1) is 0 Å². The average Bonchev–Trinajstić information content (AvgIpc) is 2.59. The zero-order valence-electron chi connectivity index (χ0n) is 13.1. The van der Waals surface area contributed by atoms with Crippen LogP contribution < -0.4 is 11.2 Å². The molecule has 0 atom stereocenters. The summed E-state index contributed by atoms with van der Waals surface area (Å²) in [6.07, 6.45) is 2.26. The molecule has 122 valence electrons. The minimum atomic E-state index is -0.472. The molecule has 24 heavy (non-hydrogen) atoms. The average molecular weight is 322 g/mol. The second-order valence-electron chi connectivity index (χ2n) is 5.49. The van der Waals surface area contributed by atoms with Crippen molar-refractivity contribution in [3.05, 3.63) is 104 Å². The standard InChI is InChI=1S/C19H18N2O3/c22-18-10-11-21(19(23)20-18)14-24-13-17-9-5-4-8-16(17)12-15-6-2-1-3-7-15/h1-11H,12-14H2,(H,20,22,23). The molecule has 1 heterocycles. The van der Waals surface area contributed by atoms with Crippen molar-refractivity contribution in [1.82, 2.24) is 9.55 Å². The van der Waals surface area contributed by atoms with Crippen LogP contribution in [0.5, 0.6) is 0 Å². The zero-order valence-corrected chi connectivity index (χ0v) is 13.1. The zero-order chi connectivity index (χ0) is 16.8. The summed E-state index contributed by atoms with van der Waals surface area (Å²) in [6, 6.07) is 19.6. The Bertz CT molecular complexity index is 913. The molecule has 0 bridgehead atoms. The van der Waals surface area contributed by atoms with Crippen molar-refractivity contribution in [2.24, 2.45) is 0 Å². The van der Waals surface area contributed by atoms with E-state index in [4.69, 9.17) is 4.74 Å². The third-order valence-corrected chi connectivity index (χ3v) is 3.74. The number of rotatable bonds is 6. The van der Waals surface area contributed by atoms with Crippen molar-refractivity contribution in [3.8, 4) is 0 Å². The Morgan fingerprint density at radius 2 is 1.58 bits per heavy atom. The number of aromatic amines is 1. The number of benzene rings is 2. The Labute approximate surface area is 139 Å². The summed E-state index contributed by atoms with van der Waals surface area (Å²) in [6.45, 7) is 0.490. The van der Waals surface area contributed by atoms with Crippen molar-refractivity contribution >= 4 is 0 Å². The summed E-state index contributed by atoms with van der Waals surface area (Å²) in [5, 5.41) is 0. The van der Waals surface area contributed by atoms with E-state index < -0.39 is 11.2 Å². The van der Waals surface area contributed by atoms with Crippen LogP contribution in [0.25, 0.3) is 0 Å². The topological polar surface area (TPSA) is 64.1 Å². The van der Waals surface area contributed by atoms with Crippen LogP contribution in [0.2, 0.25) is 0 Å². The third-order valence-electron chi connectivity index (χ3n) is 3.74. The molecule has 0 unspecified atom stereocenters. The Morgan fingerprint density at radius 3 is 2.33 bits per heavy atom. The predicted octanol–water partition coefficient (Wildman–Crippen LogP) is 2.30. The lowest BCUT2D eigenvalue weighted by Gasteiger charge is -2.11. The maximum atomic E-state index is 11.6. The minimum absolute atomic E-state index is 0.0925. The van der Waals surface area contributed by atoms with Crippen LogP contribution in [-0.4, -0.2) is 9.55 Å². The van der Waals surface area contributed by atoms with Crippen LogP contribution in [0.4, 0.5) is 0 Å². The van der Waals surface area contributed by atoms with Crippen LogP contribution in [0, 0.1) is 0 Å². The first-order valence-corrected chi connectivity index (χ1v) is 7.70. The smallest absolute Gasteiger partial charge is 0.330 e. The summed E-state index contributed by atoms with van der Waals surface area (Å²) in [5.41, 5.74) is 2.63. The maximum absolute atomic E-state index is 11.6. The normalized spacial score (nSPS) is 10.7. The van der Waals surface area contributed by atoms with Gasteiger partial charge in [0.05, 0.1) is 6.61 Å². The second-order valence-corrected chi connectivity index (χ2v) is 5.49. The molecule has 0 spiro atoms. The van der Waals surface area contributed by atoms with Gasteiger partial charge in [-0.3, -0.25) is 14.3 Å². The van der Waals surface area contributed by atoms with E-state index in [1.165, 1.54) is 28.0 Å². The van der Waals surface area contributed by atoms with E-state index in [0.29, 0.717) is 6.61 Å². The first kappa shape index (κ1) is 16.0. The number of hydrogen-bond donors (Lipinski definition) is 1. The third kappa shape index (κ3) is 4.08. The van der Waals surface area contributed by atoms with Crippen molar-refractivity contribution in [1.29, 1.82) is 0 Å². The minimum Gasteiger partial charge on any atom is -0.356 e. The van der Waals surface area contributed by atoms with Gasteiger partial charge in [0.2, 0.25) is 0 Å². The van der Waals surface area contributed by atoms with Crippen LogP contribution in [-0.2, 0) is 24.5 Å². The molecular weight excluding hydrogens is 304 g/mol. The summed E-state index contributed by atoms with van der Waals surface area (Å²) >= 11 is 0. The monoisotopic (exact) mass is 322 g/mol. The molecule has 0 amide bonds. The van der Waals surface area contributed by atoms with E-state index in [-0.39, 0.29) is 6.73 Å². The lowest BCUT2D eigenvalue weighted by Crippen LogP contribution is -2.29. The fourth-order valence-electron chi connectivity index (χ4n) is 2.49. The molecule has 0 fully saturated rings. The van der Waals surface area contributed by atoms with E-state index in [9.17, 15) is 9.59 Å². The molecule has 0 radical (unpaired) electrons. The summed E-state index contributed by atoms with van der Waals surface area (Å²) < 4.78 is 6.97. The Morgan fingerprint density at radius 1 is 0.875 bits per heavy atom. The van der Waals surface area contributed by atoms with E-state index >= 15 is 0 Å². The summed E-state index contributed by atoms with van der Waals surface area (Å²) in [4.78, 5) is 24.9. The molecule has 5 heteroatoms. The highest BCUT2D eigenvalue weighted by molar-refractivity contribution is 5.32. The highest BCUT2D eigenvalue weighted by atomic mass is 16.5. The lowest BCUT2D eigenvalue weighted by atomic mass is 10.0. The van der Waals surface area contributed by atoms with E-state index in [0.717, 1.165) is 12.0 Å². The van der Waals surface area contributed by atoms with Gasteiger partial charge in [-0.05, 0) is 23.1 Å². The van der Waals surface area contributed by atoms with Crippen LogP contribution in [0.15, 0.2) is 76.4 Å². The number of ether oxygens (including phenoxy) is 1. The van der Waals surface area contributed by atoms with Gasteiger partial charge in [-0.25, -0.2) is 4.79 Å². The molecule has 1 N–H and O–H groups in total. The van der Waals surface area contributed by atoms with Crippen LogP contribution in [0.1, 0.15) is 16.7 Å². The number of aromatic nitrogens is 2.